The van der Waals surface area contributed by atoms with Crippen LogP contribution in [0.5, 0.6) is 0 Å². The van der Waals surface area contributed by atoms with Gasteiger partial charge in [-0.15, -0.1) is 0 Å². The van der Waals surface area contributed by atoms with Crippen LogP contribution in [0.15, 0.2) is 24.7 Å². The standard InChI is InChI=1S/C15H21N5/c1-2-20-15(5-7-19-20)14-11-17-13(10-18-14)8-12-4-3-6-16-9-12/h5,7,10-12,16H,2-4,6,8-9H2,1H3/t12-/m1/s1. The van der Waals surface area contributed by atoms with Crippen molar-refractivity contribution in [1.29, 1.82) is 0 Å². The van der Waals surface area contributed by atoms with E-state index in [1.54, 1.807) is 0 Å². The molecule has 0 aliphatic carbocycles. The van der Waals surface area contributed by atoms with Gasteiger partial charge in [0.2, 0.25) is 0 Å². The molecule has 0 unspecified atom stereocenters. The van der Waals surface area contributed by atoms with E-state index in [9.17, 15) is 0 Å². The third-order valence-corrected chi connectivity index (χ3v) is 3.88. The molecule has 3 rings (SSSR count). The average molecular weight is 271 g/mol. The first kappa shape index (κ1) is 13.2. The Morgan fingerprint density at radius 2 is 2.30 bits per heavy atom. The van der Waals surface area contributed by atoms with Crippen LogP contribution in [0.3, 0.4) is 0 Å². The van der Waals surface area contributed by atoms with Crippen LogP contribution < -0.4 is 5.32 Å². The third kappa shape index (κ3) is 2.88. The highest BCUT2D eigenvalue weighted by Gasteiger charge is 2.14. The van der Waals surface area contributed by atoms with Crippen molar-refractivity contribution in [3.63, 3.8) is 0 Å². The topological polar surface area (TPSA) is 55.6 Å². The van der Waals surface area contributed by atoms with E-state index in [0.717, 1.165) is 43.1 Å². The summed E-state index contributed by atoms with van der Waals surface area (Å²) < 4.78 is 1.94. The predicted molar refractivity (Wildman–Crippen MR) is 78.2 cm³/mol. The SMILES string of the molecule is CCn1nccc1-c1cnc(C[C@H]2CCCNC2)cn1. The molecule has 5 heteroatoms. The molecule has 1 saturated heterocycles. The number of nitrogens with one attached hydrogen (secondary N) is 1. The lowest BCUT2D eigenvalue weighted by Gasteiger charge is -2.22. The van der Waals surface area contributed by atoms with Crippen LogP contribution in [0.1, 0.15) is 25.5 Å². The summed E-state index contributed by atoms with van der Waals surface area (Å²) in [6.07, 6.45) is 9.17. The molecule has 2 aromatic rings. The van der Waals surface area contributed by atoms with Crippen molar-refractivity contribution in [2.45, 2.75) is 32.7 Å². The van der Waals surface area contributed by atoms with Crippen molar-refractivity contribution >= 4 is 0 Å². The van der Waals surface area contributed by atoms with Crippen LogP contribution in [0.25, 0.3) is 11.4 Å². The van der Waals surface area contributed by atoms with E-state index in [1.165, 1.54) is 12.8 Å². The summed E-state index contributed by atoms with van der Waals surface area (Å²) in [5, 5.41) is 7.71. The van der Waals surface area contributed by atoms with E-state index in [-0.39, 0.29) is 0 Å². The lowest BCUT2D eigenvalue weighted by Crippen LogP contribution is -2.31. The zero-order chi connectivity index (χ0) is 13.8. The normalized spacial score (nSPS) is 19.1. The highest BCUT2D eigenvalue weighted by molar-refractivity contribution is 5.52. The molecule has 0 amide bonds. The van der Waals surface area contributed by atoms with Gasteiger partial charge in [0, 0.05) is 18.9 Å². The Labute approximate surface area is 119 Å². The fourth-order valence-corrected chi connectivity index (χ4v) is 2.79. The molecule has 106 valence electrons. The molecule has 1 fully saturated rings. The van der Waals surface area contributed by atoms with E-state index in [1.807, 2.05) is 29.3 Å². The molecule has 0 aromatic carbocycles. The van der Waals surface area contributed by atoms with E-state index in [4.69, 9.17) is 0 Å². The van der Waals surface area contributed by atoms with Gasteiger partial charge >= 0.3 is 0 Å². The van der Waals surface area contributed by atoms with E-state index >= 15 is 0 Å². The van der Waals surface area contributed by atoms with Crippen LogP contribution >= 0.6 is 0 Å². The van der Waals surface area contributed by atoms with E-state index in [0.29, 0.717) is 5.92 Å². The van der Waals surface area contributed by atoms with Gasteiger partial charge in [-0.25, -0.2) is 0 Å². The van der Waals surface area contributed by atoms with Gasteiger partial charge in [0.05, 0.1) is 17.6 Å². The minimum Gasteiger partial charge on any atom is -0.316 e. The molecule has 20 heavy (non-hydrogen) atoms. The van der Waals surface area contributed by atoms with Gasteiger partial charge in [-0.2, -0.15) is 5.10 Å². The van der Waals surface area contributed by atoms with Crippen LogP contribution in [-0.4, -0.2) is 32.8 Å². The molecule has 0 spiro atoms. The number of aromatic nitrogens is 4. The zero-order valence-corrected chi connectivity index (χ0v) is 11.9. The van der Waals surface area contributed by atoms with Crippen molar-refractivity contribution in [2.75, 3.05) is 13.1 Å². The van der Waals surface area contributed by atoms with E-state index in [2.05, 4.69) is 27.3 Å². The second kappa shape index (κ2) is 6.13. The fourth-order valence-electron chi connectivity index (χ4n) is 2.79. The smallest absolute Gasteiger partial charge is 0.107 e. The van der Waals surface area contributed by atoms with Gasteiger partial charge in [-0.05, 0) is 51.3 Å². The second-order valence-corrected chi connectivity index (χ2v) is 5.34. The van der Waals surface area contributed by atoms with Crippen molar-refractivity contribution in [3.8, 4) is 11.4 Å². The first-order valence-corrected chi connectivity index (χ1v) is 7.40. The number of aryl methyl sites for hydroxylation is 1. The average Bonchev–Trinajstić information content (AvgIpc) is 2.98. The molecule has 1 aliphatic rings. The second-order valence-electron chi connectivity index (χ2n) is 5.34. The summed E-state index contributed by atoms with van der Waals surface area (Å²) in [7, 11) is 0. The number of piperidine rings is 1. The predicted octanol–water partition coefficient (Wildman–Crippen LogP) is 1.90. The lowest BCUT2D eigenvalue weighted by molar-refractivity contribution is 0.373. The van der Waals surface area contributed by atoms with E-state index < -0.39 is 0 Å². The van der Waals surface area contributed by atoms with Crippen molar-refractivity contribution in [2.24, 2.45) is 5.92 Å². The minimum atomic E-state index is 0.699. The first-order valence-electron chi connectivity index (χ1n) is 7.40. The fraction of sp³-hybridized carbons (Fsp3) is 0.533. The Morgan fingerprint density at radius 3 is 3.00 bits per heavy atom. The summed E-state index contributed by atoms with van der Waals surface area (Å²) >= 11 is 0. The minimum absolute atomic E-state index is 0.699. The number of nitrogens with zero attached hydrogens (tertiary/aromatic N) is 4. The summed E-state index contributed by atoms with van der Waals surface area (Å²) in [4.78, 5) is 9.12. The molecule has 0 radical (unpaired) electrons. The summed E-state index contributed by atoms with van der Waals surface area (Å²) in [6.45, 7) is 5.18. The monoisotopic (exact) mass is 271 g/mol. The van der Waals surface area contributed by atoms with Gasteiger partial charge in [0.15, 0.2) is 0 Å². The summed E-state index contributed by atoms with van der Waals surface area (Å²) in [6, 6.07) is 1.98. The molecule has 0 saturated carbocycles. The molecule has 1 atom stereocenters. The highest BCUT2D eigenvalue weighted by Crippen LogP contribution is 2.18. The molecular formula is C15H21N5. The first-order chi connectivity index (χ1) is 9.86. The Hall–Kier alpha value is -1.75. The summed E-state index contributed by atoms with van der Waals surface area (Å²) in [5.41, 5.74) is 3.02. The molecule has 1 aliphatic heterocycles. The third-order valence-electron chi connectivity index (χ3n) is 3.88. The maximum absolute atomic E-state index is 4.57. The molecular weight excluding hydrogens is 250 g/mol. The van der Waals surface area contributed by atoms with Gasteiger partial charge in [0.1, 0.15) is 5.69 Å². The van der Waals surface area contributed by atoms with Crippen LogP contribution in [0.4, 0.5) is 0 Å². The number of rotatable bonds is 4. The molecule has 1 N–H and O–H groups in total. The van der Waals surface area contributed by atoms with Gasteiger partial charge in [-0.1, -0.05) is 0 Å². The van der Waals surface area contributed by atoms with Gasteiger partial charge in [-0.3, -0.25) is 14.6 Å². The Kier molecular flexibility index (Phi) is 4.06. The maximum atomic E-state index is 4.57. The van der Waals surface area contributed by atoms with Crippen molar-refractivity contribution in [3.05, 3.63) is 30.4 Å². The Balaban J connectivity index is 1.71. The molecule has 5 nitrogen and oxygen atoms in total. The molecule has 3 heterocycles. The highest BCUT2D eigenvalue weighted by atomic mass is 15.3. The zero-order valence-electron chi connectivity index (χ0n) is 11.9. The van der Waals surface area contributed by atoms with Crippen molar-refractivity contribution in [1.82, 2.24) is 25.1 Å². The number of hydrogen-bond acceptors (Lipinski definition) is 4. The number of hydrogen-bond donors (Lipinski definition) is 1. The molecule has 0 bridgehead atoms. The largest absolute Gasteiger partial charge is 0.316 e. The maximum Gasteiger partial charge on any atom is 0.107 e. The lowest BCUT2D eigenvalue weighted by atomic mass is 9.95. The van der Waals surface area contributed by atoms with Crippen LogP contribution in [0, 0.1) is 5.92 Å². The Bertz CT molecular complexity index is 540. The van der Waals surface area contributed by atoms with Crippen LogP contribution in [0.2, 0.25) is 0 Å². The van der Waals surface area contributed by atoms with Crippen LogP contribution in [-0.2, 0) is 13.0 Å². The van der Waals surface area contributed by atoms with Gasteiger partial charge < -0.3 is 5.32 Å². The van der Waals surface area contributed by atoms with Crippen molar-refractivity contribution < 1.29 is 0 Å². The van der Waals surface area contributed by atoms with Gasteiger partial charge in [0.25, 0.3) is 0 Å². The summed E-state index contributed by atoms with van der Waals surface area (Å²) in [5.74, 6) is 0.699. The Morgan fingerprint density at radius 1 is 1.35 bits per heavy atom. The quantitative estimate of drug-likeness (QED) is 0.923. The molecule has 2 aromatic heterocycles.